The average molecular weight is 302 g/mol. The van der Waals surface area contributed by atoms with Crippen LogP contribution in [0.25, 0.3) is 0 Å². The lowest BCUT2D eigenvalue weighted by molar-refractivity contribution is -0.135. The summed E-state index contributed by atoms with van der Waals surface area (Å²) in [5.41, 5.74) is 2.63. The molecule has 0 saturated heterocycles. The smallest absolute Gasteiger partial charge is 0.293 e. The van der Waals surface area contributed by atoms with Crippen molar-refractivity contribution in [3.63, 3.8) is 0 Å². The van der Waals surface area contributed by atoms with Crippen molar-refractivity contribution in [3.8, 4) is 0 Å². The lowest BCUT2D eigenvalue weighted by Crippen LogP contribution is -2.49. The van der Waals surface area contributed by atoms with Gasteiger partial charge in [0.15, 0.2) is 0 Å². The molecule has 22 heavy (non-hydrogen) atoms. The summed E-state index contributed by atoms with van der Waals surface area (Å²) in [5, 5.41) is 0. The highest BCUT2D eigenvalue weighted by molar-refractivity contribution is 5.38. The second kappa shape index (κ2) is 5.11. The van der Waals surface area contributed by atoms with Gasteiger partial charge in [-0.1, -0.05) is 31.9 Å². The van der Waals surface area contributed by atoms with Crippen molar-refractivity contribution in [2.24, 2.45) is 28.6 Å². The van der Waals surface area contributed by atoms with Gasteiger partial charge in [0.2, 0.25) is 0 Å². The van der Waals surface area contributed by atoms with Crippen LogP contribution in [-0.4, -0.2) is 12.6 Å². The molecule has 0 heterocycles. The van der Waals surface area contributed by atoms with E-state index in [2.05, 4.69) is 19.9 Å². The normalized spacial score (nSPS) is 50.4. The summed E-state index contributed by atoms with van der Waals surface area (Å²) in [6.45, 7) is 5.73. The van der Waals surface area contributed by atoms with Crippen molar-refractivity contribution >= 4 is 6.47 Å². The predicted molar refractivity (Wildman–Crippen MR) is 87.3 cm³/mol. The zero-order valence-electron chi connectivity index (χ0n) is 14.1. The molecule has 4 rings (SSSR count). The molecule has 0 bridgehead atoms. The van der Waals surface area contributed by atoms with Crippen LogP contribution in [0.4, 0.5) is 0 Å². The monoisotopic (exact) mass is 302 g/mol. The molecule has 1 unspecified atom stereocenters. The number of allylic oxidation sites excluding steroid dienone is 1. The van der Waals surface area contributed by atoms with E-state index < -0.39 is 0 Å². The van der Waals surface area contributed by atoms with Gasteiger partial charge in [0.05, 0.1) is 0 Å². The standard InChI is InChI=1S/C20H30O2/c1-19-9-3-4-17(19)16-6-5-14-12-15(22-13-21)7-11-20(14,2)18(16)8-10-19/h5,13,15-18H,3-4,6-12H2,1-2H3/t15?,16-,17-,18-,19-,20-/m0/s1. The van der Waals surface area contributed by atoms with Gasteiger partial charge in [-0.15, -0.1) is 0 Å². The molecule has 4 aliphatic rings. The lowest BCUT2D eigenvalue weighted by atomic mass is 9.48. The van der Waals surface area contributed by atoms with Gasteiger partial charge in [-0.05, 0) is 73.5 Å². The maximum atomic E-state index is 10.7. The molecule has 122 valence electrons. The van der Waals surface area contributed by atoms with Gasteiger partial charge < -0.3 is 4.74 Å². The van der Waals surface area contributed by atoms with Gasteiger partial charge in [-0.25, -0.2) is 0 Å². The Balaban J connectivity index is 1.61. The quantitative estimate of drug-likeness (QED) is 0.537. The first-order chi connectivity index (χ1) is 10.6. The summed E-state index contributed by atoms with van der Waals surface area (Å²) in [6.07, 6.45) is 14.5. The van der Waals surface area contributed by atoms with Crippen molar-refractivity contribution in [2.45, 2.75) is 77.7 Å². The number of carbonyl (C=O) groups excluding carboxylic acids is 1. The van der Waals surface area contributed by atoms with Crippen molar-refractivity contribution in [1.82, 2.24) is 0 Å². The molecule has 3 saturated carbocycles. The van der Waals surface area contributed by atoms with E-state index in [0.29, 0.717) is 17.3 Å². The molecule has 0 radical (unpaired) electrons. The van der Waals surface area contributed by atoms with E-state index in [1.54, 1.807) is 5.57 Å². The molecule has 4 aliphatic carbocycles. The highest BCUT2D eigenvalue weighted by Crippen LogP contribution is 2.64. The summed E-state index contributed by atoms with van der Waals surface area (Å²) in [4.78, 5) is 10.7. The maximum absolute atomic E-state index is 10.7. The van der Waals surface area contributed by atoms with Crippen molar-refractivity contribution in [1.29, 1.82) is 0 Å². The van der Waals surface area contributed by atoms with E-state index in [4.69, 9.17) is 4.74 Å². The molecule has 0 aromatic heterocycles. The second-order valence-corrected chi connectivity index (χ2v) is 8.94. The Kier molecular flexibility index (Phi) is 3.43. The van der Waals surface area contributed by atoms with Gasteiger partial charge in [-0.3, -0.25) is 4.79 Å². The molecule has 0 amide bonds. The Morgan fingerprint density at radius 3 is 2.82 bits per heavy atom. The minimum Gasteiger partial charge on any atom is -0.464 e. The molecule has 2 heteroatoms. The van der Waals surface area contributed by atoms with Crippen LogP contribution in [-0.2, 0) is 9.53 Å². The van der Waals surface area contributed by atoms with Crippen molar-refractivity contribution in [2.75, 3.05) is 0 Å². The Labute approximate surface area is 134 Å². The van der Waals surface area contributed by atoms with Crippen LogP contribution in [0, 0.1) is 28.6 Å². The first-order valence-corrected chi connectivity index (χ1v) is 9.35. The minimum absolute atomic E-state index is 0.133. The Morgan fingerprint density at radius 2 is 2.00 bits per heavy atom. The third kappa shape index (κ3) is 2.02. The van der Waals surface area contributed by atoms with Gasteiger partial charge in [0, 0.05) is 6.42 Å². The van der Waals surface area contributed by atoms with Gasteiger partial charge in [0.1, 0.15) is 6.10 Å². The van der Waals surface area contributed by atoms with Gasteiger partial charge in [-0.2, -0.15) is 0 Å². The summed E-state index contributed by atoms with van der Waals surface area (Å²) < 4.78 is 5.28. The fourth-order valence-electron chi connectivity index (χ4n) is 6.82. The fraction of sp³-hybridized carbons (Fsp3) is 0.850. The van der Waals surface area contributed by atoms with E-state index in [9.17, 15) is 4.79 Å². The number of ether oxygens (including phenoxy) is 1. The zero-order valence-corrected chi connectivity index (χ0v) is 14.1. The van der Waals surface area contributed by atoms with Crippen LogP contribution in [0.5, 0.6) is 0 Å². The highest BCUT2D eigenvalue weighted by atomic mass is 16.5. The summed E-state index contributed by atoms with van der Waals surface area (Å²) in [6, 6.07) is 0. The molecule has 0 aliphatic heterocycles. The topological polar surface area (TPSA) is 26.3 Å². The number of hydrogen-bond donors (Lipinski definition) is 0. The van der Waals surface area contributed by atoms with Crippen LogP contribution in [0.3, 0.4) is 0 Å². The van der Waals surface area contributed by atoms with Crippen LogP contribution in [0.15, 0.2) is 11.6 Å². The number of rotatable bonds is 2. The van der Waals surface area contributed by atoms with Gasteiger partial charge in [0.25, 0.3) is 6.47 Å². The van der Waals surface area contributed by atoms with Gasteiger partial charge >= 0.3 is 0 Å². The Bertz CT molecular complexity index is 496. The van der Waals surface area contributed by atoms with E-state index >= 15 is 0 Å². The third-order valence-electron chi connectivity index (χ3n) is 8.09. The molecule has 0 aromatic rings. The SMILES string of the molecule is C[C@@]12CCC[C@H]1[C@@H]1CC=C3CC(OC=O)CC[C@]3(C)[C@H]1CC2. The molecule has 2 nitrogen and oxygen atoms in total. The summed E-state index contributed by atoms with van der Waals surface area (Å²) in [5.74, 6) is 2.75. The second-order valence-electron chi connectivity index (χ2n) is 8.94. The fourth-order valence-corrected chi connectivity index (χ4v) is 6.82. The number of hydrogen-bond acceptors (Lipinski definition) is 2. The maximum Gasteiger partial charge on any atom is 0.293 e. The molecule has 0 aromatic carbocycles. The molecule has 3 fully saturated rings. The molecular formula is C20H30O2. The predicted octanol–water partition coefficient (Wildman–Crippen LogP) is 4.88. The van der Waals surface area contributed by atoms with E-state index in [0.717, 1.165) is 30.6 Å². The zero-order chi connectivity index (χ0) is 15.4. The largest absolute Gasteiger partial charge is 0.464 e. The highest BCUT2D eigenvalue weighted by Gasteiger charge is 2.55. The van der Waals surface area contributed by atoms with Crippen molar-refractivity contribution < 1.29 is 9.53 Å². The van der Waals surface area contributed by atoms with E-state index in [1.165, 1.54) is 44.9 Å². The minimum atomic E-state index is 0.133. The van der Waals surface area contributed by atoms with Crippen LogP contribution >= 0.6 is 0 Å². The van der Waals surface area contributed by atoms with Crippen molar-refractivity contribution in [3.05, 3.63) is 11.6 Å². The summed E-state index contributed by atoms with van der Waals surface area (Å²) in [7, 11) is 0. The molecule has 0 N–H and O–H groups in total. The Hall–Kier alpha value is -0.790. The van der Waals surface area contributed by atoms with E-state index in [1.807, 2.05) is 0 Å². The third-order valence-corrected chi connectivity index (χ3v) is 8.09. The van der Waals surface area contributed by atoms with E-state index in [-0.39, 0.29) is 6.10 Å². The Morgan fingerprint density at radius 1 is 1.14 bits per heavy atom. The van der Waals surface area contributed by atoms with Crippen LogP contribution in [0.2, 0.25) is 0 Å². The number of fused-ring (bicyclic) bond motifs is 5. The molecule has 6 atom stereocenters. The number of carbonyl (C=O) groups is 1. The molecular weight excluding hydrogens is 272 g/mol. The lowest BCUT2D eigenvalue weighted by Gasteiger charge is -2.57. The van der Waals surface area contributed by atoms with Crippen LogP contribution < -0.4 is 0 Å². The first kappa shape index (κ1) is 14.8. The first-order valence-electron chi connectivity index (χ1n) is 9.35. The average Bonchev–Trinajstić information content (AvgIpc) is 2.89. The summed E-state index contributed by atoms with van der Waals surface area (Å²) >= 11 is 0. The molecule has 0 spiro atoms. The van der Waals surface area contributed by atoms with Crippen LogP contribution in [0.1, 0.15) is 71.6 Å².